The topological polar surface area (TPSA) is 66.8 Å². The Morgan fingerprint density at radius 1 is 1.00 bits per heavy atom. The van der Waals surface area contributed by atoms with Crippen molar-refractivity contribution < 1.29 is 4.79 Å². The van der Waals surface area contributed by atoms with Crippen LogP contribution >= 0.6 is 0 Å². The molecule has 6 nitrogen and oxygen atoms in total. The summed E-state index contributed by atoms with van der Waals surface area (Å²) in [6.45, 7) is 5.23. The molecule has 1 aliphatic rings. The first-order valence-corrected chi connectivity index (χ1v) is 11.6. The van der Waals surface area contributed by atoms with E-state index in [1.807, 2.05) is 60.9 Å². The Kier molecular flexibility index (Phi) is 4.78. The van der Waals surface area contributed by atoms with E-state index in [-0.39, 0.29) is 11.5 Å². The van der Waals surface area contributed by atoms with E-state index in [1.54, 1.807) is 11.0 Å². The number of carbonyl (C=O) groups excluding carboxylic acids is 1. The maximum Gasteiger partial charge on any atom is 0.271 e. The number of hydrogen-bond donors (Lipinski definition) is 0. The molecule has 0 radical (unpaired) electrons. The molecular weight excluding hydrogens is 434 g/mol. The number of amides is 1. The highest BCUT2D eigenvalue weighted by molar-refractivity contribution is 6.11. The number of aromatic nitrogens is 3. The summed E-state index contributed by atoms with van der Waals surface area (Å²) >= 11 is 0. The van der Waals surface area contributed by atoms with Gasteiger partial charge >= 0.3 is 0 Å². The number of rotatable bonds is 3. The van der Waals surface area contributed by atoms with Gasteiger partial charge in [-0.25, -0.2) is 4.98 Å². The highest BCUT2D eigenvalue weighted by atomic mass is 16.2. The van der Waals surface area contributed by atoms with Crippen LogP contribution in [0.15, 0.2) is 78.4 Å². The van der Waals surface area contributed by atoms with Gasteiger partial charge in [-0.2, -0.15) is 5.26 Å². The summed E-state index contributed by atoms with van der Waals surface area (Å²) in [5.74, 6) is 0.273. The average molecular weight is 458 g/mol. The van der Waals surface area contributed by atoms with Crippen molar-refractivity contribution in [1.82, 2.24) is 14.1 Å². The quantitative estimate of drug-likeness (QED) is 0.263. The van der Waals surface area contributed by atoms with Crippen molar-refractivity contribution in [2.45, 2.75) is 20.4 Å². The predicted octanol–water partition coefficient (Wildman–Crippen LogP) is 5.55. The van der Waals surface area contributed by atoms with Crippen LogP contribution in [-0.4, -0.2) is 26.6 Å². The molecule has 0 saturated heterocycles. The summed E-state index contributed by atoms with van der Waals surface area (Å²) in [4.78, 5) is 19.7. The minimum Gasteiger partial charge on any atom is -0.317 e. The Morgan fingerprint density at radius 2 is 1.77 bits per heavy atom. The molecule has 0 bridgehead atoms. The molecule has 6 heteroatoms. The zero-order chi connectivity index (χ0) is 24.1. The van der Waals surface area contributed by atoms with Crippen LogP contribution < -0.4 is 4.90 Å². The molecule has 2 aromatic heterocycles. The summed E-state index contributed by atoms with van der Waals surface area (Å²) in [6.07, 6.45) is 1.71. The van der Waals surface area contributed by atoms with Crippen molar-refractivity contribution in [3.05, 3.63) is 95.3 Å². The Balaban J connectivity index is 1.40. The first kappa shape index (κ1) is 20.9. The van der Waals surface area contributed by atoms with Crippen molar-refractivity contribution >= 4 is 39.7 Å². The zero-order valence-electron chi connectivity index (χ0n) is 19.6. The van der Waals surface area contributed by atoms with E-state index < -0.39 is 0 Å². The van der Waals surface area contributed by atoms with Crippen LogP contribution in [0.5, 0.6) is 0 Å². The van der Waals surface area contributed by atoms with Crippen molar-refractivity contribution in [2.75, 3.05) is 11.4 Å². The van der Waals surface area contributed by atoms with Crippen molar-refractivity contribution in [2.24, 2.45) is 0 Å². The van der Waals surface area contributed by atoms with Crippen LogP contribution in [0.25, 0.3) is 33.6 Å². The molecule has 0 unspecified atom stereocenters. The third-order valence-electron chi connectivity index (χ3n) is 6.80. The predicted molar refractivity (Wildman–Crippen MR) is 138 cm³/mol. The number of anilines is 1. The van der Waals surface area contributed by atoms with E-state index in [0.717, 1.165) is 39.1 Å². The molecule has 1 amide bonds. The monoisotopic (exact) mass is 457 g/mol. The Labute approximate surface area is 203 Å². The molecule has 3 aromatic carbocycles. The standard InChI is InChI=1S/C29H23N5O/c1-19-16-22(20(2)34(19)26-13-7-9-21-8-3-4-10-24(21)26)17-23(18-30)28(35)33-15-14-32-27-12-6-5-11-25(27)31-29(32)33/h3-13,16-17H,14-15H2,1-2H3/b23-17+. The first-order valence-electron chi connectivity index (χ1n) is 11.6. The molecule has 0 N–H and O–H groups in total. The van der Waals surface area contributed by atoms with E-state index in [1.165, 1.54) is 5.39 Å². The van der Waals surface area contributed by atoms with E-state index in [4.69, 9.17) is 0 Å². The molecule has 0 atom stereocenters. The summed E-state index contributed by atoms with van der Waals surface area (Å²) in [5.41, 5.74) is 5.90. The highest BCUT2D eigenvalue weighted by Crippen LogP contribution is 2.30. The van der Waals surface area contributed by atoms with Gasteiger partial charge in [0, 0.05) is 29.9 Å². The number of para-hydroxylation sites is 2. The molecule has 1 aliphatic heterocycles. The van der Waals surface area contributed by atoms with Gasteiger partial charge in [-0.1, -0.05) is 48.5 Å². The largest absolute Gasteiger partial charge is 0.317 e. The number of benzene rings is 3. The minimum atomic E-state index is -0.323. The number of hydrogen-bond acceptors (Lipinski definition) is 3. The normalized spacial score (nSPS) is 13.4. The minimum absolute atomic E-state index is 0.101. The van der Waals surface area contributed by atoms with Gasteiger partial charge in [-0.15, -0.1) is 0 Å². The first-order chi connectivity index (χ1) is 17.1. The summed E-state index contributed by atoms with van der Waals surface area (Å²) in [5, 5.41) is 12.3. The van der Waals surface area contributed by atoms with Crippen molar-refractivity contribution in [3.63, 3.8) is 0 Å². The van der Waals surface area contributed by atoms with Gasteiger partial charge in [0.2, 0.25) is 5.95 Å². The Hall–Kier alpha value is -4.63. The number of fused-ring (bicyclic) bond motifs is 4. The summed E-state index contributed by atoms with van der Waals surface area (Å²) < 4.78 is 4.22. The number of carbonyl (C=O) groups is 1. The van der Waals surface area contributed by atoms with Gasteiger partial charge in [-0.3, -0.25) is 9.69 Å². The van der Waals surface area contributed by atoms with Crippen LogP contribution in [0.1, 0.15) is 17.0 Å². The fourth-order valence-electron chi connectivity index (χ4n) is 5.13. The lowest BCUT2D eigenvalue weighted by Crippen LogP contribution is -2.30. The summed E-state index contributed by atoms with van der Waals surface area (Å²) in [6, 6.07) is 26.5. The van der Waals surface area contributed by atoms with Gasteiger partial charge in [0.05, 0.1) is 16.7 Å². The summed E-state index contributed by atoms with van der Waals surface area (Å²) in [7, 11) is 0. The molecule has 6 rings (SSSR count). The maximum atomic E-state index is 13.4. The molecule has 5 aromatic rings. The van der Waals surface area contributed by atoms with Gasteiger partial charge < -0.3 is 9.13 Å². The lowest BCUT2D eigenvalue weighted by molar-refractivity contribution is -0.114. The molecular formula is C29H23N5O. The van der Waals surface area contributed by atoms with Crippen LogP contribution in [0, 0.1) is 25.2 Å². The fraction of sp³-hybridized carbons (Fsp3) is 0.138. The van der Waals surface area contributed by atoms with Gasteiger partial charge in [0.25, 0.3) is 5.91 Å². The number of aryl methyl sites for hydroxylation is 1. The van der Waals surface area contributed by atoms with Crippen LogP contribution in [-0.2, 0) is 11.3 Å². The smallest absolute Gasteiger partial charge is 0.271 e. The van der Waals surface area contributed by atoms with Crippen LogP contribution in [0.4, 0.5) is 5.95 Å². The molecule has 170 valence electrons. The van der Waals surface area contributed by atoms with E-state index in [0.29, 0.717) is 19.0 Å². The number of nitrogens with zero attached hydrogens (tertiary/aromatic N) is 5. The van der Waals surface area contributed by atoms with E-state index in [2.05, 4.69) is 46.0 Å². The second kappa shape index (κ2) is 8.00. The second-order valence-corrected chi connectivity index (χ2v) is 8.84. The van der Waals surface area contributed by atoms with Gasteiger partial charge in [-0.05, 0) is 55.1 Å². The van der Waals surface area contributed by atoms with Gasteiger partial charge in [0.1, 0.15) is 11.6 Å². The second-order valence-electron chi connectivity index (χ2n) is 8.84. The third kappa shape index (κ3) is 3.24. The maximum absolute atomic E-state index is 13.4. The molecule has 35 heavy (non-hydrogen) atoms. The van der Waals surface area contributed by atoms with E-state index in [9.17, 15) is 10.1 Å². The lowest BCUT2D eigenvalue weighted by atomic mass is 10.1. The Bertz CT molecular complexity index is 1710. The molecule has 3 heterocycles. The van der Waals surface area contributed by atoms with Crippen LogP contribution in [0.2, 0.25) is 0 Å². The SMILES string of the molecule is Cc1cc(/C=C(\C#N)C(=O)N2CCn3c2nc2ccccc23)c(C)n1-c1cccc2ccccc12. The molecule has 0 spiro atoms. The molecule has 0 aliphatic carbocycles. The molecule has 0 saturated carbocycles. The fourth-order valence-corrected chi connectivity index (χ4v) is 5.13. The number of imidazole rings is 1. The Morgan fingerprint density at radius 3 is 2.63 bits per heavy atom. The van der Waals surface area contributed by atoms with Crippen molar-refractivity contribution in [3.8, 4) is 11.8 Å². The number of nitriles is 1. The van der Waals surface area contributed by atoms with Gasteiger partial charge in [0.15, 0.2) is 0 Å². The average Bonchev–Trinajstić information content (AvgIpc) is 3.53. The highest BCUT2D eigenvalue weighted by Gasteiger charge is 2.30. The lowest BCUT2D eigenvalue weighted by Gasteiger charge is -2.14. The van der Waals surface area contributed by atoms with Crippen molar-refractivity contribution in [1.29, 1.82) is 5.26 Å². The van der Waals surface area contributed by atoms with Crippen LogP contribution in [0.3, 0.4) is 0 Å². The molecule has 0 fully saturated rings. The zero-order valence-corrected chi connectivity index (χ0v) is 19.6. The van der Waals surface area contributed by atoms with E-state index >= 15 is 0 Å². The third-order valence-corrected chi connectivity index (χ3v) is 6.80.